The molecule has 3 unspecified atom stereocenters. The lowest BCUT2D eigenvalue weighted by Gasteiger charge is -2.40. The molecule has 1 aliphatic heterocycles. The van der Waals surface area contributed by atoms with E-state index in [1.165, 1.54) is 58.3 Å². The summed E-state index contributed by atoms with van der Waals surface area (Å²) < 4.78 is 0. The van der Waals surface area contributed by atoms with Gasteiger partial charge in [-0.3, -0.25) is 4.90 Å². The number of aliphatic hydroxyl groups is 1. The predicted molar refractivity (Wildman–Crippen MR) is 78.2 cm³/mol. The van der Waals surface area contributed by atoms with Gasteiger partial charge in [-0.1, -0.05) is 13.3 Å². The molecule has 3 rings (SSSR count). The van der Waals surface area contributed by atoms with E-state index in [1.54, 1.807) is 0 Å². The molecule has 19 heavy (non-hydrogen) atoms. The van der Waals surface area contributed by atoms with Gasteiger partial charge in [0.25, 0.3) is 0 Å². The van der Waals surface area contributed by atoms with Crippen molar-refractivity contribution in [2.75, 3.05) is 32.7 Å². The second-order valence-corrected chi connectivity index (χ2v) is 6.98. The molecule has 3 fully saturated rings. The summed E-state index contributed by atoms with van der Waals surface area (Å²) in [7, 11) is 0. The molecule has 0 spiro atoms. The molecule has 110 valence electrons. The van der Waals surface area contributed by atoms with Gasteiger partial charge in [-0.05, 0) is 43.9 Å². The molecular formula is C16H30N2O. The molecule has 0 amide bonds. The Labute approximate surface area is 118 Å². The average molecular weight is 266 g/mol. The Morgan fingerprint density at radius 1 is 1.00 bits per heavy atom. The molecule has 2 saturated carbocycles. The van der Waals surface area contributed by atoms with Gasteiger partial charge in [0, 0.05) is 38.8 Å². The average Bonchev–Trinajstić information content (AvgIpc) is 3.27. The quantitative estimate of drug-likeness (QED) is 0.842. The second-order valence-electron chi connectivity index (χ2n) is 6.98. The van der Waals surface area contributed by atoms with E-state index in [9.17, 15) is 5.11 Å². The maximum atomic E-state index is 10.2. The van der Waals surface area contributed by atoms with Crippen LogP contribution in [0, 0.1) is 11.8 Å². The van der Waals surface area contributed by atoms with E-state index in [2.05, 4.69) is 16.7 Å². The standard InChI is InChI=1S/C16H30N2O/c1-2-13-3-6-16(19)14(11-13)12-17-7-9-18(10-8-17)15-4-5-15/h13-16,19H,2-12H2,1H3. The lowest BCUT2D eigenvalue weighted by atomic mass is 9.78. The van der Waals surface area contributed by atoms with Crippen molar-refractivity contribution in [3.05, 3.63) is 0 Å². The van der Waals surface area contributed by atoms with E-state index >= 15 is 0 Å². The topological polar surface area (TPSA) is 26.7 Å². The van der Waals surface area contributed by atoms with Gasteiger partial charge in [-0.25, -0.2) is 0 Å². The van der Waals surface area contributed by atoms with Crippen molar-refractivity contribution in [1.29, 1.82) is 0 Å². The molecule has 0 bridgehead atoms. The van der Waals surface area contributed by atoms with E-state index in [1.807, 2.05) is 0 Å². The fourth-order valence-electron chi connectivity index (χ4n) is 3.99. The van der Waals surface area contributed by atoms with Crippen LogP contribution in [-0.2, 0) is 0 Å². The van der Waals surface area contributed by atoms with Crippen molar-refractivity contribution in [2.45, 2.75) is 57.6 Å². The largest absolute Gasteiger partial charge is 0.393 e. The van der Waals surface area contributed by atoms with E-state index in [-0.39, 0.29) is 6.10 Å². The summed E-state index contributed by atoms with van der Waals surface area (Å²) in [5.41, 5.74) is 0. The number of piperazine rings is 1. The van der Waals surface area contributed by atoms with Crippen LogP contribution in [0.15, 0.2) is 0 Å². The summed E-state index contributed by atoms with van der Waals surface area (Å²) in [5, 5.41) is 10.2. The minimum absolute atomic E-state index is 0.0377. The van der Waals surface area contributed by atoms with Gasteiger partial charge in [0.1, 0.15) is 0 Å². The van der Waals surface area contributed by atoms with Crippen molar-refractivity contribution in [3.63, 3.8) is 0 Å². The molecule has 3 nitrogen and oxygen atoms in total. The molecule has 2 aliphatic carbocycles. The number of rotatable bonds is 4. The molecule has 1 N–H and O–H groups in total. The van der Waals surface area contributed by atoms with E-state index in [0.717, 1.165) is 24.9 Å². The normalized spacial score (nSPS) is 38.5. The first-order valence-electron chi connectivity index (χ1n) is 8.40. The fraction of sp³-hybridized carbons (Fsp3) is 1.00. The molecule has 0 aromatic heterocycles. The smallest absolute Gasteiger partial charge is 0.0580 e. The van der Waals surface area contributed by atoms with Crippen LogP contribution in [0.4, 0.5) is 0 Å². The Balaban J connectivity index is 1.45. The van der Waals surface area contributed by atoms with Crippen LogP contribution >= 0.6 is 0 Å². The molecule has 3 aliphatic rings. The molecule has 1 heterocycles. The van der Waals surface area contributed by atoms with Crippen molar-refractivity contribution < 1.29 is 5.11 Å². The van der Waals surface area contributed by atoms with E-state index < -0.39 is 0 Å². The van der Waals surface area contributed by atoms with Gasteiger partial charge in [-0.2, -0.15) is 0 Å². The third-order valence-electron chi connectivity index (χ3n) is 5.59. The van der Waals surface area contributed by atoms with E-state index in [4.69, 9.17) is 0 Å². The third-order valence-corrected chi connectivity index (χ3v) is 5.59. The van der Waals surface area contributed by atoms with Gasteiger partial charge < -0.3 is 10.0 Å². The van der Waals surface area contributed by atoms with Crippen LogP contribution in [0.1, 0.15) is 45.4 Å². The number of nitrogens with zero attached hydrogens (tertiary/aromatic N) is 2. The zero-order chi connectivity index (χ0) is 13.2. The number of hydrogen-bond acceptors (Lipinski definition) is 3. The Morgan fingerprint density at radius 2 is 1.74 bits per heavy atom. The lowest BCUT2D eigenvalue weighted by molar-refractivity contribution is 0.0156. The lowest BCUT2D eigenvalue weighted by Crippen LogP contribution is -2.50. The monoisotopic (exact) mass is 266 g/mol. The summed E-state index contributed by atoms with van der Waals surface area (Å²) in [6, 6.07) is 0.923. The summed E-state index contributed by atoms with van der Waals surface area (Å²) in [6.45, 7) is 8.38. The van der Waals surface area contributed by atoms with Crippen LogP contribution in [0.2, 0.25) is 0 Å². The highest BCUT2D eigenvalue weighted by Crippen LogP contribution is 2.32. The first-order chi connectivity index (χ1) is 9.26. The van der Waals surface area contributed by atoms with E-state index in [0.29, 0.717) is 5.92 Å². The summed E-state index contributed by atoms with van der Waals surface area (Å²) in [5.74, 6) is 1.40. The molecule has 3 atom stereocenters. The summed E-state index contributed by atoms with van der Waals surface area (Å²) >= 11 is 0. The maximum absolute atomic E-state index is 10.2. The number of aliphatic hydroxyl groups excluding tert-OH is 1. The minimum Gasteiger partial charge on any atom is -0.393 e. The van der Waals surface area contributed by atoms with Gasteiger partial charge in [0.15, 0.2) is 0 Å². The molecule has 0 aromatic rings. The summed E-state index contributed by atoms with van der Waals surface area (Å²) in [4.78, 5) is 5.27. The number of hydrogen-bond donors (Lipinski definition) is 1. The van der Waals surface area contributed by atoms with Crippen LogP contribution in [-0.4, -0.2) is 59.8 Å². The van der Waals surface area contributed by atoms with Crippen LogP contribution in [0.25, 0.3) is 0 Å². The molecule has 3 heteroatoms. The molecular weight excluding hydrogens is 236 g/mol. The van der Waals surface area contributed by atoms with Gasteiger partial charge in [0.2, 0.25) is 0 Å². The second kappa shape index (κ2) is 6.11. The van der Waals surface area contributed by atoms with Crippen LogP contribution < -0.4 is 0 Å². The molecule has 0 aromatic carbocycles. The zero-order valence-corrected chi connectivity index (χ0v) is 12.4. The Hall–Kier alpha value is -0.120. The molecule has 0 radical (unpaired) electrons. The van der Waals surface area contributed by atoms with Crippen LogP contribution in [0.3, 0.4) is 0 Å². The predicted octanol–water partition coefficient (Wildman–Crippen LogP) is 1.95. The highest BCUT2D eigenvalue weighted by atomic mass is 16.3. The molecule has 1 saturated heterocycles. The zero-order valence-electron chi connectivity index (χ0n) is 12.4. The van der Waals surface area contributed by atoms with Crippen LogP contribution in [0.5, 0.6) is 0 Å². The van der Waals surface area contributed by atoms with Gasteiger partial charge in [-0.15, -0.1) is 0 Å². The maximum Gasteiger partial charge on any atom is 0.0580 e. The van der Waals surface area contributed by atoms with Gasteiger partial charge in [0.05, 0.1) is 6.10 Å². The highest BCUT2D eigenvalue weighted by Gasteiger charge is 2.33. The highest BCUT2D eigenvalue weighted by molar-refractivity contribution is 4.89. The Bertz CT molecular complexity index is 284. The van der Waals surface area contributed by atoms with Crippen molar-refractivity contribution in [2.24, 2.45) is 11.8 Å². The summed E-state index contributed by atoms with van der Waals surface area (Å²) in [6.07, 6.45) is 7.64. The first-order valence-corrected chi connectivity index (χ1v) is 8.40. The SMILES string of the molecule is CCC1CCC(O)C(CN2CCN(C3CC3)CC2)C1. The third kappa shape index (κ3) is 3.50. The Morgan fingerprint density at radius 3 is 2.37 bits per heavy atom. The van der Waals surface area contributed by atoms with Crippen molar-refractivity contribution in [3.8, 4) is 0 Å². The Kier molecular flexibility index (Phi) is 4.45. The first kappa shape index (κ1) is 13.8. The minimum atomic E-state index is -0.0377. The van der Waals surface area contributed by atoms with Crippen molar-refractivity contribution >= 4 is 0 Å². The van der Waals surface area contributed by atoms with Crippen molar-refractivity contribution in [1.82, 2.24) is 9.80 Å². The van der Waals surface area contributed by atoms with Gasteiger partial charge >= 0.3 is 0 Å². The fourth-order valence-corrected chi connectivity index (χ4v) is 3.99.